The summed E-state index contributed by atoms with van der Waals surface area (Å²) in [5.74, 6) is -0.203. The van der Waals surface area contributed by atoms with Crippen LogP contribution >= 0.6 is 0 Å². The zero-order valence-corrected chi connectivity index (χ0v) is 8.05. The Morgan fingerprint density at radius 3 is 2.73 bits per heavy atom. The normalized spacial score (nSPS) is 18.8. The van der Waals surface area contributed by atoms with Crippen LogP contribution in [0.3, 0.4) is 0 Å². The second-order valence-electron chi connectivity index (χ2n) is 3.09. The number of amides is 1. The minimum atomic E-state index is -0.574. The quantitative estimate of drug-likeness (QED) is 0.796. The van der Waals surface area contributed by atoms with Gasteiger partial charge in [0.05, 0.1) is 0 Å². The van der Waals surface area contributed by atoms with Gasteiger partial charge < -0.3 is 14.8 Å². The van der Waals surface area contributed by atoms with E-state index in [4.69, 9.17) is 9.47 Å². The maximum atomic E-state index is 11.6. The van der Waals surface area contributed by atoms with Crippen LogP contribution in [-0.2, 0) is 14.3 Å². The predicted molar refractivity (Wildman–Crippen MR) is 55.0 cm³/mol. The Bertz CT molecular complexity index is 361. The summed E-state index contributed by atoms with van der Waals surface area (Å²) in [6.07, 6.45) is 2.22. The lowest BCUT2D eigenvalue weighted by Crippen LogP contribution is -2.34. The maximum Gasteiger partial charge on any atom is 0.269 e. The Balaban J connectivity index is 1.95. The van der Waals surface area contributed by atoms with Crippen molar-refractivity contribution in [1.82, 2.24) is 0 Å². The first-order valence-corrected chi connectivity index (χ1v) is 4.64. The van der Waals surface area contributed by atoms with Crippen LogP contribution in [0.2, 0.25) is 0 Å². The molecule has 0 bridgehead atoms. The van der Waals surface area contributed by atoms with Crippen LogP contribution in [0.15, 0.2) is 42.9 Å². The molecule has 1 amide bonds. The maximum absolute atomic E-state index is 11.6. The van der Waals surface area contributed by atoms with Gasteiger partial charge in [-0.15, -0.1) is 0 Å². The van der Waals surface area contributed by atoms with Gasteiger partial charge in [0.2, 0.25) is 6.10 Å². The van der Waals surface area contributed by atoms with Gasteiger partial charge in [-0.25, -0.2) is 0 Å². The summed E-state index contributed by atoms with van der Waals surface area (Å²) in [5, 5.41) is 2.73. The summed E-state index contributed by atoms with van der Waals surface area (Å²) in [7, 11) is 0. The molecular weight excluding hydrogens is 194 g/mol. The number of carbonyl (C=O) groups excluding carboxylic acids is 1. The highest BCUT2D eigenvalue weighted by Gasteiger charge is 2.21. The summed E-state index contributed by atoms with van der Waals surface area (Å²) in [5.41, 5.74) is 0.751. The topological polar surface area (TPSA) is 47.6 Å². The molecule has 1 heterocycles. The van der Waals surface area contributed by atoms with Crippen molar-refractivity contribution in [2.75, 3.05) is 11.9 Å². The van der Waals surface area contributed by atoms with Crippen molar-refractivity contribution < 1.29 is 14.3 Å². The van der Waals surface area contributed by atoms with E-state index in [1.54, 1.807) is 0 Å². The van der Waals surface area contributed by atoms with Crippen LogP contribution in [0.25, 0.3) is 0 Å². The van der Waals surface area contributed by atoms with Gasteiger partial charge in [-0.05, 0) is 12.1 Å². The van der Waals surface area contributed by atoms with Crippen LogP contribution in [-0.4, -0.2) is 18.6 Å². The molecule has 0 radical (unpaired) electrons. The molecule has 0 saturated carbocycles. The highest BCUT2D eigenvalue weighted by Crippen LogP contribution is 2.08. The second kappa shape index (κ2) is 4.50. The van der Waals surface area contributed by atoms with Crippen molar-refractivity contribution >= 4 is 11.6 Å². The van der Waals surface area contributed by atoms with E-state index in [2.05, 4.69) is 5.32 Å². The molecule has 0 spiro atoms. The summed E-state index contributed by atoms with van der Waals surface area (Å²) < 4.78 is 10.1. The van der Waals surface area contributed by atoms with Crippen LogP contribution in [0.4, 0.5) is 5.69 Å². The number of hydrogen-bond donors (Lipinski definition) is 1. The Labute approximate surface area is 87.5 Å². The smallest absolute Gasteiger partial charge is 0.269 e. The Hall–Kier alpha value is -1.97. The fourth-order valence-electron chi connectivity index (χ4n) is 1.23. The van der Waals surface area contributed by atoms with Crippen LogP contribution in [0, 0.1) is 0 Å². The van der Waals surface area contributed by atoms with E-state index in [0.29, 0.717) is 0 Å². The Morgan fingerprint density at radius 2 is 2.07 bits per heavy atom. The van der Waals surface area contributed by atoms with Gasteiger partial charge in [0.15, 0.2) is 0 Å². The van der Waals surface area contributed by atoms with Gasteiger partial charge in [-0.1, -0.05) is 18.2 Å². The largest absolute Gasteiger partial charge is 0.494 e. The summed E-state index contributed by atoms with van der Waals surface area (Å²) >= 11 is 0. The molecule has 0 fully saturated rings. The van der Waals surface area contributed by atoms with E-state index in [1.807, 2.05) is 30.3 Å². The van der Waals surface area contributed by atoms with E-state index in [9.17, 15) is 4.79 Å². The third-order valence-electron chi connectivity index (χ3n) is 1.98. The molecule has 1 aliphatic rings. The first kappa shape index (κ1) is 9.58. The minimum Gasteiger partial charge on any atom is -0.494 e. The number of benzene rings is 1. The Morgan fingerprint density at radius 1 is 1.27 bits per heavy atom. The molecular formula is C11H11NO3. The second-order valence-corrected chi connectivity index (χ2v) is 3.09. The van der Waals surface area contributed by atoms with E-state index in [1.165, 1.54) is 12.5 Å². The lowest BCUT2D eigenvalue weighted by Gasteiger charge is -2.18. The van der Waals surface area contributed by atoms with Gasteiger partial charge in [-0.3, -0.25) is 4.79 Å². The zero-order valence-electron chi connectivity index (χ0n) is 8.05. The number of ether oxygens (including phenoxy) is 2. The van der Waals surface area contributed by atoms with Crippen molar-refractivity contribution in [3.8, 4) is 0 Å². The summed E-state index contributed by atoms with van der Waals surface area (Å²) in [4.78, 5) is 11.6. The molecule has 4 heteroatoms. The van der Waals surface area contributed by atoms with Gasteiger partial charge in [0.25, 0.3) is 5.91 Å². The number of rotatable bonds is 2. The molecule has 1 aromatic carbocycles. The van der Waals surface area contributed by atoms with Crippen LogP contribution in [0.5, 0.6) is 0 Å². The third-order valence-corrected chi connectivity index (χ3v) is 1.98. The van der Waals surface area contributed by atoms with Crippen molar-refractivity contribution in [2.45, 2.75) is 6.10 Å². The Kier molecular flexibility index (Phi) is 2.88. The number of carbonyl (C=O) groups is 1. The molecule has 0 saturated heterocycles. The molecule has 2 rings (SSSR count). The van der Waals surface area contributed by atoms with Crippen molar-refractivity contribution in [3.05, 3.63) is 42.9 Å². The lowest BCUT2D eigenvalue weighted by molar-refractivity contribution is -0.128. The van der Waals surface area contributed by atoms with Crippen molar-refractivity contribution in [1.29, 1.82) is 0 Å². The minimum absolute atomic E-state index is 0.203. The number of hydrogen-bond acceptors (Lipinski definition) is 3. The SMILES string of the molecule is O=C(Nc1ccccc1)C1COC=CO1. The average molecular weight is 205 g/mol. The number of nitrogens with one attached hydrogen (secondary N) is 1. The van der Waals surface area contributed by atoms with Crippen LogP contribution < -0.4 is 5.32 Å². The number of para-hydroxylation sites is 1. The fraction of sp³-hybridized carbons (Fsp3) is 0.182. The molecule has 0 aromatic heterocycles. The van der Waals surface area contributed by atoms with Crippen molar-refractivity contribution in [3.63, 3.8) is 0 Å². The van der Waals surface area contributed by atoms with Gasteiger partial charge >= 0.3 is 0 Å². The van der Waals surface area contributed by atoms with Gasteiger partial charge in [0, 0.05) is 5.69 Å². The lowest BCUT2D eigenvalue weighted by atomic mass is 10.3. The average Bonchev–Trinajstić information content (AvgIpc) is 2.31. The molecule has 4 nitrogen and oxygen atoms in total. The van der Waals surface area contributed by atoms with Crippen LogP contribution in [0.1, 0.15) is 0 Å². The molecule has 15 heavy (non-hydrogen) atoms. The monoisotopic (exact) mass is 205 g/mol. The summed E-state index contributed by atoms with van der Waals surface area (Å²) in [6.45, 7) is 0.245. The molecule has 1 unspecified atom stereocenters. The first-order chi connectivity index (χ1) is 7.36. The van der Waals surface area contributed by atoms with Gasteiger partial charge in [0.1, 0.15) is 19.1 Å². The molecule has 1 aromatic rings. The number of anilines is 1. The molecule has 1 N–H and O–H groups in total. The van der Waals surface area contributed by atoms with E-state index in [0.717, 1.165) is 5.69 Å². The van der Waals surface area contributed by atoms with E-state index >= 15 is 0 Å². The molecule has 0 aliphatic carbocycles. The zero-order chi connectivity index (χ0) is 10.5. The molecule has 78 valence electrons. The summed E-state index contributed by atoms with van der Waals surface area (Å²) in [6, 6.07) is 9.23. The highest BCUT2D eigenvalue weighted by molar-refractivity contribution is 5.94. The first-order valence-electron chi connectivity index (χ1n) is 4.64. The third kappa shape index (κ3) is 2.49. The van der Waals surface area contributed by atoms with Gasteiger partial charge in [-0.2, -0.15) is 0 Å². The molecule has 1 atom stereocenters. The van der Waals surface area contributed by atoms with E-state index < -0.39 is 6.10 Å². The van der Waals surface area contributed by atoms with Crippen molar-refractivity contribution in [2.24, 2.45) is 0 Å². The predicted octanol–water partition coefficient (Wildman–Crippen LogP) is 1.51. The molecule has 1 aliphatic heterocycles. The fourth-order valence-corrected chi connectivity index (χ4v) is 1.23. The standard InChI is InChI=1S/C11H11NO3/c13-11(10-8-14-6-7-15-10)12-9-4-2-1-3-5-9/h1-7,10H,8H2,(H,12,13). The van der Waals surface area contributed by atoms with E-state index in [-0.39, 0.29) is 12.5 Å². The highest BCUT2D eigenvalue weighted by atomic mass is 16.6.